The summed E-state index contributed by atoms with van der Waals surface area (Å²) < 4.78 is 5.50. The van der Waals surface area contributed by atoms with Crippen LogP contribution in [0.5, 0.6) is 5.75 Å². The highest BCUT2D eigenvalue weighted by Crippen LogP contribution is 2.28. The summed E-state index contributed by atoms with van der Waals surface area (Å²) in [4.78, 5) is 2.35. The SMILES string of the molecule is CCOc1cccc(CN(CCO)C2CC2)c1. The molecule has 3 heteroatoms. The van der Waals surface area contributed by atoms with Crippen LogP contribution in [0.25, 0.3) is 0 Å². The van der Waals surface area contributed by atoms with Crippen molar-refractivity contribution in [3.05, 3.63) is 29.8 Å². The molecule has 1 N–H and O–H groups in total. The molecule has 0 bridgehead atoms. The van der Waals surface area contributed by atoms with Gasteiger partial charge in [0, 0.05) is 19.1 Å². The van der Waals surface area contributed by atoms with Crippen LogP contribution in [0.1, 0.15) is 25.3 Å². The van der Waals surface area contributed by atoms with Crippen LogP contribution in [-0.2, 0) is 6.54 Å². The maximum absolute atomic E-state index is 9.06. The Hall–Kier alpha value is -1.06. The van der Waals surface area contributed by atoms with Gasteiger partial charge in [-0.25, -0.2) is 0 Å². The van der Waals surface area contributed by atoms with Gasteiger partial charge in [0.05, 0.1) is 13.2 Å². The fourth-order valence-corrected chi connectivity index (χ4v) is 2.09. The van der Waals surface area contributed by atoms with E-state index >= 15 is 0 Å². The summed E-state index contributed by atoms with van der Waals surface area (Å²) in [6.45, 7) is 4.61. The zero-order chi connectivity index (χ0) is 12.1. The van der Waals surface area contributed by atoms with Gasteiger partial charge < -0.3 is 9.84 Å². The summed E-state index contributed by atoms with van der Waals surface area (Å²) >= 11 is 0. The van der Waals surface area contributed by atoms with E-state index in [0.29, 0.717) is 12.6 Å². The molecule has 0 aromatic heterocycles. The van der Waals surface area contributed by atoms with Crippen molar-refractivity contribution >= 4 is 0 Å². The molecule has 94 valence electrons. The van der Waals surface area contributed by atoms with Gasteiger partial charge in [-0.2, -0.15) is 0 Å². The lowest BCUT2D eigenvalue weighted by Crippen LogP contribution is -2.28. The van der Waals surface area contributed by atoms with Crippen molar-refractivity contribution in [3.8, 4) is 5.75 Å². The molecule has 1 aliphatic carbocycles. The highest BCUT2D eigenvalue weighted by Gasteiger charge is 2.28. The standard InChI is InChI=1S/C14H21NO2/c1-2-17-14-5-3-4-12(10-14)11-15(8-9-16)13-6-7-13/h3-5,10,13,16H,2,6-9,11H2,1H3. The average Bonchev–Trinajstić information content (AvgIpc) is 3.13. The fourth-order valence-electron chi connectivity index (χ4n) is 2.09. The van der Waals surface area contributed by atoms with Crippen molar-refractivity contribution in [3.63, 3.8) is 0 Å². The van der Waals surface area contributed by atoms with Gasteiger partial charge in [0.2, 0.25) is 0 Å². The lowest BCUT2D eigenvalue weighted by Gasteiger charge is -2.21. The number of hydrogen-bond acceptors (Lipinski definition) is 3. The van der Waals surface area contributed by atoms with Gasteiger partial charge in [0.25, 0.3) is 0 Å². The van der Waals surface area contributed by atoms with Crippen molar-refractivity contribution in [1.82, 2.24) is 4.90 Å². The Morgan fingerprint density at radius 2 is 2.24 bits per heavy atom. The number of aliphatic hydroxyl groups excluding tert-OH is 1. The Morgan fingerprint density at radius 1 is 1.41 bits per heavy atom. The molecule has 0 unspecified atom stereocenters. The molecule has 17 heavy (non-hydrogen) atoms. The predicted molar refractivity (Wildman–Crippen MR) is 68.1 cm³/mol. The van der Waals surface area contributed by atoms with Crippen LogP contribution in [0.4, 0.5) is 0 Å². The second-order valence-corrected chi connectivity index (χ2v) is 4.51. The molecular weight excluding hydrogens is 214 g/mol. The third-order valence-corrected chi connectivity index (χ3v) is 3.05. The van der Waals surface area contributed by atoms with Crippen molar-refractivity contribution in [2.75, 3.05) is 19.8 Å². The average molecular weight is 235 g/mol. The summed E-state index contributed by atoms with van der Waals surface area (Å²) in [5.74, 6) is 0.935. The van der Waals surface area contributed by atoms with Crippen molar-refractivity contribution < 1.29 is 9.84 Å². The lowest BCUT2D eigenvalue weighted by molar-refractivity contribution is 0.183. The number of benzene rings is 1. The van der Waals surface area contributed by atoms with Crippen molar-refractivity contribution in [2.45, 2.75) is 32.4 Å². The van der Waals surface area contributed by atoms with E-state index in [-0.39, 0.29) is 6.61 Å². The Balaban J connectivity index is 1.97. The molecule has 1 saturated carbocycles. The monoisotopic (exact) mass is 235 g/mol. The van der Waals surface area contributed by atoms with Gasteiger partial charge in [0.1, 0.15) is 5.75 Å². The molecule has 0 radical (unpaired) electrons. The topological polar surface area (TPSA) is 32.7 Å². The molecule has 1 aromatic rings. The van der Waals surface area contributed by atoms with Crippen LogP contribution in [-0.4, -0.2) is 35.8 Å². The normalized spacial score (nSPS) is 15.2. The molecule has 1 aliphatic rings. The second-order valence-electron chi connectivity index (χ2n) is 4.51. The van der Waals surface area contributed by atoms with E-state index in [0.717, 1.165) is 18.8 Å². The quantitative estimate of drug-likeness (QED) is 0.785. The molecule has 0 atom stereocenters. The molecule has 0 heterocycles. The molecule has 0 saturated heterocycles. The van der Waals surface area contributed by atoms with E-state index in [2.05, 4.69) is 17.0 Å². The Bertz CT molecular complexity index is 350. The van der Waals surface area contributed by atoms with E-state index in [4.69, 9.17) is 9.84 Å². The van der Waals surface area contributed by atoms with Crippen LogP contribution < -0.4 is 4.74 Å². The maximum atomic E-state index is 9.06. The first-order valence-electron chi connectivity index (χ1n) is 6.40. The van der Waals surface area contributed by atoms with Crippen molar-refractivity contribution in [2.24, 2.45) is 0 Å². The minimum Gasteiger partial charge on any atom is -0.494 e. The Labute approximate surface area is 103 Å². The third kappa shape index (κ3) is 3.72. The van der Waals surface area contributed by atoms with Gasteiger partial charge in [-0.05, 0) is 37.5 Å². The summed E-state index contributed by atoms with van der Waals surface area (Å²) in [6, 6.07) is 8.91. The largest absolute Gasteiger partial charge is 0.494 e. The first-order valence-corrected chi connectivity index (χ1v) is 6.40. The number of nitrogens with zero attached hydrogens (tertiary/aromatic N) is 1. The van der Waals surface area contributed by atoms with E-state index in [1.807, 2.05) is 19.1 Å². The summed E-state index contributed by atoms with van der Waals surface area (Å²) in [5.41, 5.74) is 1.26. The summed E-state index contributed by atoms with van der Waals surface area (Å²) in [5, 5.41) is 9.06. The molecular formula is C14H21NO2. The Morgan fingerprint density at radius 3 is 2.88 bits per heavy atom. The molecule has 1 aromatic carbocycles. The number of hydrogen-bond donors (Lipinski definition) is 1. The highest BCUT2D eigenvalue weighted by atomic mass is 16.5. The van der Waals surface area contributed by atoms with Gasteiger partial charge in [-0.3, -0.25) is 4.90 Å². The zero-order valence-electron chi connectivity index (χ0n) is 10.4. The van der Waals surface area contributed by atoms with Gasteiger partial charge in [-0.1, -0.05) is 12.1 Å². The van der Waals surface area contributed by atoms with Crippen LogP contribution >= 0.6 is 0 Å². The van der Waals surface area contributed by atoms with E-state index < -0.39 is 0 Å². The first kappa shape index (κ1) is 12.4. The van der Waals surface area contributed by atoms with Crippen molar-refractivity contribution in [1.29, 1.82) is 0 Å². The summed E-state index contributed by atoms with van der Waals surface area (Å²) in [6.07, 6.45) is 2.54. The van der Waals surface area contributed by atoms with Crippen LogP contribution in [0.3, 0.4) is 0 Å². The van der Waals surface area contributed by atoms with Crippen LogP contribution in [0, 0.1) is 0 Å². The first-order chi connectivity index (χ1) is 8.33. The van der Waals surface area contributed by atoms with E-state index in [1.165, 1.54) is 18.4 Å². The second kappa shape index (κ2) is 6.03. The molecule has 0 spiro atoms. The minimum atomic E-state index is 0.238. The maximum Gasteiger partial charge on any atom is 0.119 e. The van der Waals surface area contributed by atoms with Crippen LogP contribution in [0.2, 0.25) is 0 Å². The summed E-state index contributed by atoms with van der Waals surface area (Å²) in [7, 11) is 0. The van der Waals surface area contributed by atoms with Gasteiger partial charge in [-0.15, -0.1) is 0 Å². The molecule has 0 amide bonds. The molecule has 2 rings (SSSR count). The lowest BCUT2D eigenvalue weighted by atomic mass is 10.2. The molecule has 3 nitrogen and oxygen atoms in total. The minimum absolute atomic E-state index is 0.238. The van der Waals surface area contributed by atoms with E-state index in [9.17, 15) is 0 Å². The Kier molecular flexibility index (Phi) is 4.40. The third-order valence-electron chi connectivity index (χ3n) is 3.05. The predicted octanol–water partition coefficient (Wildman–Crippen LogP) is 2.04. The highest BCUT2D eigenvalue weighted by molar-refractivity contribution is 5.28. The number of ether oxygens (including phenoxy) is 1. The van der Waals surface area contributed by atoms with E-state index in [1.54, 1.807) is 0 Å². The molecule has 1 fully saturated rings. The van der Waals surface area contributed by atoms with Gasteiger partial charge in [0.15, 0.2) is 0 Å². The van der Waals surface area contributed by atoms with Crippen LogP contribution in [0.15, 0.2) is 24.3 Å². The number of aliphatic hydroxyl groups is 1. The zero-order valence-corrected chi connectivity index (χ0v) is 10.4. The smallest absolute Gasteiger partial charge is 0.119 e. The van der Waals surface area contributed by atoms with Gasteiger partial charge >= 0.3 is 0 Å². The fraction of sp³-hybridized carbons (Fsp3) is 0.571. The number of rotatable bonds is 7. The molecule has 0 aliphatic heterocycles.